The highest BCUT2D eigenvalue weighted by atomic mass is 19.1. The summed E-state index contributed by atoms with van der Waals surface area (Å²) < 4.78 is 29.4. The molecule has 5 rings (SSSR count). The van der Waals surface area contributed by atoms with E-state index in [1.54, 1.807) is 17.7 Å². The van der Waals surface area contributed by atoms with Crippen molar-refractivity contribution in [1.29, 1.82) is 0 Å². The van der Waals surface area contributed by atoms with Gasteiger partial charge in [0.2, 0.25) is 11.8 Å². The molecular weight excluding hydrogens is 488 g/mol. The minimum absolute atomic E-state index is 0.0214. The smallest absolute Gasteiger partial charge is 0.246 e. The minimum atomic E-state index is -0.920. The third-order valence-corrected chi connectivity index (χ3v) is 7.82. The number of anilines is 1. The van der Waals surface area contributed by atoms with E-state index in [0.717, 1.165) is 24.5 Å². The number of rotatable bonds is 7. The Hall–Kier alpha value is -3.59. The quantitative estimate of drug-likeness (QED) is 0.436. The lowest BCUT2D eigenvalue weighted by molar-refractivity contribution is -0.129. The van der Waals surface area contributed by atoms with Crippen LogP contribution >= 0.6 is 0 Å². The van der Waals surface area contributed by atoms with Gasteiger partial charge in [0, 0.05) is 18.3 Å². The normalized spacial score (nSPS) is 19.4. The van der Waals surface area contributed by atoms with Crippen LogP contribution in [0.25, 0.3) is 0 Å². The van der Waals surface area contributed by atoms with Crippen LogP contribution in [0.4, 0.5) is 14.6 Å². The lowest BCUT2D eigenvalue weighted by Crippen LogP contribution is -2.46. The molecule has 0 saturated heterocycles. The van der Waals surface area contributed by atoms with Gasteiger partial charge in [0.15, 0.2) is 5.82 Å². The molecule has 0 fully saturated rings. The maximum absolute atomic E-state index is 14.2. The third kappa shape index (κ3) is 5.20. The summed E-state index contributed by atoms with van der Waals surface area (Å²) in [4.78, 5) is 30.4. The molecule has 0 saturated carbocycles. The van der Waals surface area contributed by atoms with Crippen molar-refractivity contribution in [1.82, 2.24) is 20.2 Å². The number of amides is 2. The molecule has 1 heterocycles. The van der Waals surface area contributed by atoms with E-state index in [1.165, 1.54) is 18.0 Å². The molecule has 0 aliphatic heterocycles. The van der Waals surface area contributed by atoms with Gasteiger partial charge >= 0.3 is 0 Å². The average molecular weight is 522 g/mol. The first-order valence-electron chi connectivity index (χ1n) is 13.1. The molecule has 1 aromatic heterocycles. The molecule has 0 radical (unpaired) electrons. The molecule has 38 heavy (non-hydrogen) atoms. The largest absolute Gasteiger partial charge is 0.347 e. The fraction of sp³-hybridized carbons (Fsp3) is 0.414. The summed E-state index contributed by atoms with van der Waals surface area (Å²) in [6.07, 6.45) is 6.61. The molecule has 2 aliphatic carbocycles. The highest BCUT2D eigenvalue weighted by Crippen LogP contribution is 2.32. The van der Waals surface area contributed by atoms with Crippen molar-refractivity contribution in [3.63, 3.8) is 0 Å². The lowest BCUT2D eigenvalue weighted by atomic mass is 9.87. The molecule has 3 unspecified atom stereocenters. The molecule has 200 valence electrons. The maximum atomic E-state index is 14.2. The number of carbonyl (C=O) groups excluding carboxylic acids is 2. The highest BCUT2D eigenvalue weighted by Gasteiger charge is 2.34. The van der Waals surface area contributed by atoms with Crippen LogP contribution in [0, 0.1) is 11.6 Å². The molecule has 9 heteroatoms. The average Bonchev–Trinajstić information content (AvgIpc) is 3.52. The minimum Gasteiger partial charge on any atom is -0.347 e. The molecule has 2 amide bonds. The predicted octanol–water partition coefficient (Wildman–Crippen LogP) is 4.17. The van der Waals surface area contributed by atoms with E-state index >= 15 is 0 Å². The molecule has 2 aromatic carbocycles. The number of nitrogens with zero attached hydrogens (tertiary/aromatic N) is 2. The first-order chi connectivity index (χ1) is 18.1. The van der Waals surface area contributed by atoms with Crippen LogP contribution in [-0.4, -0.2) is 33.4 Å². The molecule has 7 nitrogen and oxygen atoms in total. The number of halogens is 2. The van der Waals surface area contributed by atoms with Gasteiger partial charge in [0.25, 0.3) is 0 Å². The van der Waals surface area contributed by atoms with E-state index in [0.29, 0.717) is 36.2 Å². The summed E-state index contributed by atoms with van der Waals surface area (Å²) >= 11 is 0. The molecule has 0 spiro atoms. The van der Waals surface area contributed by atoms with Crippen LogP contribution in [-0.2, 0) is 34.4 Å². The molecule has 3 aromatic rings. The van der Waals surface area contributed by atoms with E-state index < -0.39 is 23.2 Å². The highest BCUT2D eigenvalue weighted by molar-refractivity contribution is 5.93. The summed E-state index contributed by atoms with van der Waals surface area (Å²) in [5, 5.41) is 9.22. The van der Waals surface area contributed by atoms with Crippen LogP contribution in [0.15, 0.2) is 48.9 Å². The predicted molar refractivity (Wildman–Crippen MR) is 141 cm³/mol. The van der Waals surface area contributed by atoms with Crippen molar-refractivity contribution in [2.45, 2.75) is 76.5 Å². The Kier molecular flexibility index (Phi) is 7.05. The van der Waals surface area contributed by atoms with E-state index in [2.05, 4.69) is 33.1 Å². The fourth-order valence-electron chi connectivity index (χ4n) is 5.44. The summed E-state index contributed by atoms with van der Waals surface area (Å²) in [7, 11) is 0. The Balaban J connectivity index is 1.17. The summed E-state index contributed by atoms with van der Waals surface area (Å²) in [6.45, 7) is 5.36. The van der Waals surface area contributed by atoms with E-state index in [9.17, 15) is 18.4 Å². The Bertz CT molecular complexity index is 1370. The molecule has 2 aliphatic rings. The van der Waals surface area contributed by atoms with Gasteiger partial charge in [-0.05, 0) is 81.2 Å². The monoisotopic (exact) mass is 521 g/mol. The molecular formula is C29H33F2N5O2. The zero-order chi connectivity index (χ0) is 27.0. The topological polar surface area (TPSA) is 88.0 Å². The van der Waals surface area contributed by atoms with Crippen molar-refractivity contribution < 1.29 is 18.4 Å². The number of hydrogen-bond donors (Lipinski definition) is 3. The van der Waals surface area contributed by atoms with Gasteiger partial charge in [-0.15, -0.1) is 0 Å². The van der Waals surface area contributed by atoms with E-state index in [4.69, 9.17) is 0 Å². The Labute approximate surface area is 221 Å². The van der Waals surface area contributed by atoms with E-state index in [-0.39, 0.29) is 23.9 Å². The number of aryl methyl sites for hydroxylation is 2. The maximum Gasteiger partial charge on any atom is 0.246 e. The number of carbonyl (C=O) groups is 2. The van der Waals surface area contributed by atoms with Crippen LogP contribution in [0.2, 0.25) is 0 Å². The first kappa shape index (κ1) is 26.0. The van der Waals surface area contributed by atoms with Gasteiger partial charge in [0.1, 0.15) is 17.2 Å². The number of hydrogen-bond acceptors (Lipinski definition) is 4. The first-order valence-corrected chi connectivity index (χ1v) is 13.1. The van der Waals surface area contributed by atoms with Crippen molar-refractivity contribution in [3.05, 3.63) is 82.8 Å². The van der Waals surface area contributed by atoms with Gasteiger partial charge in [-0.25, -0.2) is 13.8 Å². The van der Waals surface area contributed by atoms with Crippen LogP contribution in [0.5, 0.6) is 0 Å². The zero-order valence-corrected chi connectivity index (χ0v) is 21.9. The van der Waals surface area contributed by atoms with Gasteiger partial charge in [-0.2, -0.15) is 0 Å². The van der Waals surface area contributed by atoms with Crippen LogP contribution < -0.4 is 16.0 Å². The van der Waals surface area contributed by atoms with Gasteiger partial charge in [0.05, 0.1) is 18.4 Å². The third-order valence-electron chi connectivity index (χ3n) is 7.82. The molecule has 3 N–H and O–H groups in total. The van der Waals surface area contributed by atoms with Crippen molar-refractivity contribution >= 4 is 17.6 Å². The van der Waals surface area contributed by atoms with Gasteiger partial charge in [-0.1, -0.05) is 24.3 Å². The number of fused-ring (bicyclic) bond motifs is 2. The fourth-order valence-corrected chi connectivity index (χ4v) is 5.44. The zero-order valence-electron chi connectivity index (χ0n) is 21.9. The second-order valence-corrected chi connectivity index (χ2v) is 10.8. The van der Waals surface area contributed by atoms with Crippen molar-refractivity contribution in [3.8, 4) is 0 Å². The summed E-state index contributed by atoms with van der Waals surface area (Å²) in [6, 6.07) is 9.76. The second kappa shape index (κ2) is 10.3. The number of benzene rings is 2. The van der Waals surface area contributed by atoms with Crippen LogP contribution in [0.3, 0.4) is 0 Å². The van der Waals surface area contributed by atoms with E-state index in [1.807, 2.05) is 26.0 Å². The standard InChI is InChI=1S/C29H33F2N5O2/c1-17(33-21-10-8-19-12-20(30)13-24(31)23(19)14-21)27(37)35-26-15-36(16-32-26)29(2,3)28(38)34-25-11-9-18-6-4-5-7-22(18)25/h4-7,12-13,15-17,21,25,33H,8-11,14H2,1-3H3,(H,34,38)(H,35,37). The number of imidazole rings is 1. The second-order valence-electron chi connectivity index (χ2n) is 10.8. The van der Waals surface area contributed by atoms with Crippen LogP contribution in [0.1, 0.15) is 61.9 Å². The summed E-state index contributed by atoms with van der Waals surface area (Å²) in [5.74, 6) is -1.19. The molecule has 3 atom stereocenters. The Morgan fingerprint density at radius 2 is 1.87 bits per heavy atom. The Morgan fingerprint density at radius 1 is 1.11 bits per heavy atom. The number of nitrogens with one attached hydrogen (secondary N) is 3. The van der Waals surface area contributed by atoms with Gasteiger partial charge < -0.3 is 20.5 Å². The Morgan fingerprint density at radius 3 is 2.68 bits per heavy atom. The molecule has 0 bridgehead atoms. The number of aromatic nitrogens is 2. The van der Waals surface area contributed by atoms with Crippen molar-refractivity contribution in [2.24, 2.45) is 0 Å². The lowest BCUT2D eigenvalue weighted by Gasteiger charge is -2.28. The van der Waals surface area contributed by atoms with Gasteiger partial charge in [-0.3, -0.25) is 9.59 Å². The SMILES string of the molecule is CC(NC1CCc2cc(F)cc(F)c2C1)C(=O)Nc1cn(C(C)(C)C(=O)NC2CCc3ccccc32)cn1. The summed E-state index contributed by atoms with van der Waals surface area (Å²) in [5.41, 5.74) is 2.70. The van der Waals surface area contributed by atoms with Crippen molar-refractivity contribution in [2.75, 3.05) is 5.32 Å².